The van der Waals surface area contributed by atoms with Gasteiger partial charge in [-0.1, -0.05) is 60.3 Å². The molecule has 4 heteroatoms. The number of amidine groups is 1. The first-order valence-electron chi connectivity index (χ1n) is 6.93. The van der Waals surface area contributed by atoms with E-state index in [1.165, 1.54) is 5.56 Å². The minimum absolute atomic E-state index is 0.0744. The number of aliphatic imine (C=N–C) groups is 1. The lowest BCUT2D eigenvalue weighted by molar-refractivity contribution is 0.0977. The molecule has 0 aliphatic carbocycles. The van der Waals surface area contributed by atoms with Crippen LogP contribution < -0.4 is 5.32 Å². The molecule has 2 aromatic carbocycles. The summed E-state index contributed by atoms with van der Waals surface area (Å²) in [6.45, 7) is 0.784. The number of hydrogen-bond acceptors (Lipinski definition) is 3. The minimum atomic E-state index is -0.0744. The lowest BCUT2D eigenvalue weighted by atomic mass is 9.99. The zero-order valence-corrected chi connectivity index (χ0v) is 12.4. The van der Waals surface area contributed by atoms with Crippen LogP contribution in [0.25, 0.3) is 0 Å². The van der Waals surface area contributed by atoms with Crippen LogP contribution in [0.15, 0.2) is 59.6 Å². The molecule has 0 saturated carbocycles. The molecule has 0 saturated heterocycles. The summed E-state index contributed by atoms with van der Waals surface area (Å²) in [5, 5.41) is 3.63. The fourth-order valence-electron chi connectivity index (χ4n) is 2.29. The van der Waals surface area contributed by atoms with E-state index in [1.807, 2.05) is 42.5 Å². The minimum Gasteiger partial charge on any atom is -0.301 e. The van der Waals surface area contributed by atoms with Gasteiger partial charge in [0, 0.05) is 11.3 Å². The van der Waals surface area contributed by atoms with Crippen LogP contribution in [-0.2, 0) is 6.42 Å². The SMILES string of the molecule is O=C(NC1=NCCS1)c1ccccc1Cc1ccccc1. The highest BCUT2D eigenvalue weighted by Gasteiger charge is 2.15. The van der Waals surface area contributed by atoms with E-state index in [1.54, 1.807) is 11.8 Å². The first-order valence-corrected chi connectivity index (χ1v) is 7.92. The number of carbonyl (C=O) groups is 1. The van der Waals surface area contributed by atoms with E-state index in [-0.39, 0.29) is 5.91 Å². The van der Waals surface area contributed by atoms with Crippen LogP contribution in [0.3, 0.4) is 0 Å². The standard InChI is InChI=1S/C17H16N2OS/c20-16(19-17-18-10-11-21-17)15-9-5-4-8-14(15)12-13-6-2-1-3-7-13/h1-9H,10-12H2,(H,18,19,20). The topological polar surface area (TPSA) is 41.5 Å². The molecule has 1 aliphatic rings. The summed E-state index contributed by atoms with van der Waals surface area (Å²) in [6.07, 6.45) is 0.754. The van der Waals surface area contributed by atoms with Gasteiger partial charge >= 0.3 is 0 Å². The second-order valence-electron chi connectivity index (χ2n) is 4.81. The maximum atomic E-state index is 12.4. The normalized spacial score (nSPS) is 13.8. The maximum Gasteiger partial charge on any atom is 0.257 e. The Morgan fingerprint density at radius 1 is 1.10 bits per heavy atom. The molecule has 0 atom stereocenters. The average molecular weight is 296 g/mol. The van der Waals surface area contributed by atoms with E-state index in [0.29, 0.717) is 0 Å². The average Bonchev–Trinajstić information content (AvgIpc) is 3.02. The van der Waals surface area contributed by atoms with Gasteiger partial charge in [-0.15, -0.1) is 0 Å². The zero-order valence-electron chi connectivity index (χ0n) is 11.6. The molecule has 3 rings (SSSR count). The number of benzene rings is 2. The molecule has 1 N–H and O–H groups in total. The molecule has 3 nitrogen and oxygen atoms in total. The molecule has 0 bridgehead atoms. The molecule has 0 radical (unpaired) electrons. The zero-order chi connectivity index (χ0) is 14.5. The van der Waals surface area contributed by atoms with Gasteiger partial charge in [0.1, 0.15) is 0 Å². The number of nitrogens with one attached hydrogen (secondary N) is 1. The van der Waals surface area contributed by atoms with Crippen molar-refractivity contribution in [2.75, 3.05) is 12.3 Å². The van der Waals surface area contributed by atoms with Crippen LogP contribution in [0.2, 0.25) is 0 Å². The Morgan fingerprint density at radius 2 is 1.86 bits per heavy atom. The summed E-state index contributed by atoms with van der Waals surface area (Å²) in [6, 6.07) is 17.9. The van der Waals surface area contributed by atoms with Crippen molar-refractivity contribution in [2.24, 2.45) is 4.99 Å². The summed E-state index contributed by atoms with van der Waals surface area (Å²) in [7, 11) is 0. The third-order valence-corrected chi connectivity index (χ3v) is 4.20. The van der Waals surface area contributed by atoms with Crippen molar-refractivity contribution >= 4 is 22.8 Å². The number of rotatable bonds is 3. The molecule has 0 fully saturated rings. The second-order valence-corrected chi connectivity index (χ2v) is 5.89. The third kappa shape index (κ3) is 3.52. The van der Waals surface area contributed by atoms with Gasteiger partial charge in [0.2, 0.25) is 0 Å². The molecular weight excluding hydrogens is 280 g/mol. The molecule has 106 valence electrons. The second kappa shape index (κ2) is 6.59. The van der Waals surface area contributed by atoms with Crippen molar-refractivity contribution in [3.05, 3.63) is 71.3 Å². The van der Waals surface area contributed by atoms with E-state index in [0.717, 1.165) is 35.0 Å². The molecule has 0 spiro atoms. The van der Waals surface area contributed by atoms with Crippen LogP contribution in [0.4, 0.5) is 0 Å². The van der Waals surface area contributed by atoms with Crippen molar-refractivity contribution in [1.29, 1.82) is 0 Å². The summed E-state index contributed by atoms with van der Waals surface area (Å²) in [5.41, 5.74) is 2.95. The number of amides is 1. The summed E-state index contributed by atoms with van der Waals surface area (Å²) in [5.74, 6) is 0.871. The first kappa shape index (κ1) is 13.9. The van der Waals surface area contributed by atoms with Gasteiger partial charge in [0.05, 0.1) is 6.54 Å². The summed E-state index contributed by atoms with van der Waals surface area (Å²) >= 11 is 1.59. The summed E-state index contributed by atoms with van der Waals surface area (Å²) in [4.78, 5) is 16.7. The quantitative estimate of drug-likeness (QED) is 0.945. The Kier molecular flexibility index (Phi) is 4.36. The summed E-state index contributed by atoms with van der Waals surface area (Å²) < 4.78 is 0. The highest BCUT2D eigenvalue weighted by Crippen LogP contribution is 2.16. The molecular formula is C17H16N2OS. The predicted molar refractivity (Wildman–Crippen MR) is 87.9 cm³/mol. The lowest BCUT2D eigenvalue weighted by Crippen LogP contribution is -2.28. The Labute approximate surface area is 128 Å². The van der Waals surface area contributed by atoms with Crippen molar-refractivity contribution in [3.63, 3.8) is 0 Å². The van der Waals surface area contributed by atoms with Gasteiger partial charge in [-0.2, -0.15) is 0 Å². The van der Waals surface area contributed by atoms with Crippen LogP contribution in [0.5, 0.6) is 0 Å². The number of carbonyl (C=O) groups excluding carboxylic acids is 1. The monoisotopic (exact) mass is 296 g/mol. The van der Waals surface area contributed by atoms with Crippen molar-refractivity contribution in [3.8, 4) is 0 Å². The molecule has 0 unspecified atom stereocenters. The van der Waals surface area contributed by atoms with Gasteiger partial charge in [-0.25, -0.2) is 0 Å². The molecule has 1 amide bonds. The fourth-order valence-corrected chi connectivity index (χ4v) is 3.01. The molecule has 2 aromatic rings. The van der Waals surface area contributed by atoms with E-state index >= 15 is 0 Å². The Balaban J connectivity index is 1.80. The first-order chi connectivity index (χ1) is 10.3. The fraction of sp³-hybridized carbons (Fsp3) is 0.176. The van der Waals surface area contributed by atoms with E-state index in [4.69, 9.17) is 0 Å². The molecule has 1 heterocycles. The van der Waals surface area contributed by atoms with Crippen molar-refractivity contribution < 1.29 is 4.79 Å². The smallest absolute Gasteiger partial charge is 0.257 e. The Bertz CT molecular complexity index is 668. The highest BCUT2D eigenvalue weighted by atomic mass is 32.2. The third-order valence-electron chi connectivity index (χ3n) is 3.31. The number of hydrogen-bond donors (Lipinski definition) is 1. The molecule has 0 aromatic heterocycles. The van der Waals surface area contributed by atoms with Gasteiger partial charge in [0.15, 0.2) is 5.17 Å². The largest absolute Gasteiger partial charge is 0.301 e. The highest BCUT2D eigenvalue weighted by molar-refractivity contribution is 8.14. The molecule has 1 aliphatic heterocycles. The Morgan fingerprint density at radius 3 is 2.62 bits per heavy atom. The van der Waals surface area contributed by atoms with Crippen molar-refractivity contribution in [2.45, 2.75) is 6.42 Å². The van der Waals surface area contributed by atoms with E-state index in [9.17, 15) is 4.79 Å². The maximum absolute atomic E-state index is 12.4. The predicted octanol–water partition coefficient (Wildman–Crippen LogP) is 3.11. The van der Waals surface area contributed by atoms with Gasteiger partial charge < -0.3 is 5.32 Å². The Hall–Kier alpha value is -2.07. The molecule has 21 heavy (non-hydrogen) atoms. The van der Waals surface area contributed by atoms with Gasteiger partial charge in [-0.05, 0) is 23.6 Å². The van der Waals surface area contributed by atoms with Crippen LogP contribution >= 0.6 is 11.8 Å². The number of thioether (sulfide) groups is 1. The van der Waals surface area contributed by atoms with Crippen LogP contribution in [-0.4, -0.2) is 23.4 Å². The van der Waals surface area contributed by atoms with Crippen LogP contribution in [0.1, 0.15) is 21.5 Å². The van der Waals surface area contributed by atoms with E-state index < -0.39 is 0 Å². The van der Waals surface area contributed by atoms with Gasteiger partial charge in [0.25, 0.3) is 5.91 Å². The van der Waals surface area contributed by atoms with Gasteiger partial charge in [-0.3, -0.25) is 9.79 Å². The number of nitrogens with zero attached hydrogens (tertiary/aromatic N) is 1. The lowest BCUT2D eigenvalue weighted by Gasteiger charge is -2.10. The van der Waals surface area contributed by atoms with Crippen molar-refractivity contribution in [1.82, 2.24) is 5.32 Å². The van der Waals surface area contributed by atoms with E-state index in [2.05, 4.69) is 22.4 Å². The van der Waals surface area contributed by atoms with Crippen LogP contribution in [0, 0.1) is 0 Å².